The van der Waals surface area contributed by atoms with Crippen molar-refractivity contribution in [1.29, 1.82) is 0 Å². The van der Waals surface area contributed by atoms with E-state index in [0.717, 1.165) is 18.2 Å². The van der Waals surface area contributed by atoms with Crippen molar-refractivity contribution >= 4 is 11.8 Å². The third-order valence-electron chi connectivity index (χ3n) is 2.82. The van der Waals surface area contributed by atoms with Gasteiger partial charge in [-0.25, -0.2) is 0 Å². The first kappa shape index (κ1) is 27.0. The van der Waals surface area contributed by atoms with Gasteiger partial charge in [-0.15, -0.1) is 0 Å². The van der Waals surface area contributed by atoms with Gasteiger partial charge >= 0.3 is 0 Å². The predicted molar refractivity (Wildman–Crippen MR) is 104 cm³/mol. The highest BCUT2D eigenvalue weighted by atomic mass is 16.3. The first-order chi connectivity index (χ1) is 12.8. The summed E-state index contributed by atoms with van der Waals surface area (Å²) in [5.41, 5.74) is 10.9. The molecule has 0 saturated carbocycles. The van der Waals surface area contributed by atoms with Crippen LogP contribution in [0, 0.1) is 0 Å². The lowest BCUT2D eigenvalue weighted by Crippen LogP contribution is -2.10. The minimum absolute atomic E-state index is 0. The van der Waals surface area contributed by atoms with Crippen LogP contribution in [0.3, 0.4) is 0 Å². The van der Waals surface area contributed by atoms with E-state index in [9.17, 15) is 9.59 Å². The number of aromatic hydroxyl groups is 3. The minimum atomic E-state index is -0.419. The van der Waals surface area contributed by atoms with Crippen LogP contribution in [0.15, 0.2) is 67.3 Å². The lowest BCUT2D eigenvalue weighted by atomic mass is 10.3. The molecule has 0 aliphatic heterocycles. The zero-order valence-electron chi connectivity index (χ0n) is 15.1. The normalized spacial score (nSPS) is 8.41. The van der Waals surface area contributed by atoms with Gasteiger partial charge in [-0.3, -0.25) is 19.6 Å². The van der Waals surface area contributed by atoms with Crippen molar-refractivity contribution < 1.29 is 35.9 Å². The molecular formula is C18H22N4O7. The third kappa shape index (κ3) is 11.2. The molecule has 3 aromatic rings. The molecule has 11 N–H and O–H groups in total. The van der Waals surface area contributed by atoms with E-state index in [-0.39, 0.29) is 28.2 Å². The van der Waals surface area contributed by atoms with Crippen LogP contribution in [-0.2, 0) is 0 Å². The predicted octanol–water partition coefficient (Wildman–Crippen LogP) is -0.485. The molecule has 0 spiro atoms. The van der Waals surface area contributed by atoms with Gasteiger partial charge in [0, 0.05) is 54.1 Å². The van der Waals surface area contributed by atoms with Gasteiger partial charge in [0.1, 0.15) is 17.2 Å². The fourth-order valence-electron chi connectivity index (χ4n) is 1.61. The summed E-state index contributed by atoms with van der Waals surface area (Å²) >= 11 is 0. The minimum Gasteiger partial charge on any atom is -0.508 e. The van der Waals surface area contributed by atoms with E-state index in [2.05, 4.69) is 9.97 Å². The molecule has 0 atom stereocenters. The molecule has 0 fully saturated rings. The number of rotatable bonds is 2. The summed E-state index contributed by atoms with van der Waals surface area (Å²) in [7, 11) is 0. The van der Waals surface area contributed by atoms with E-state index in [4.69, 9.17) is 26.8 Å². The highest BCUT2D eigenvalue weighted by Crippen LogP contribution is 2.23. The van der Waals surface area contributed by atoms with Gasteiger partial charge in [0.05, 0.1) is 0 Å². The van der Waals surface area contributed by atoms with E-state index in [0.29, 0.717) is 11.1 Å². The van der Waals surface area contributed by atoms with Crippen molar-refractivity contribution in [2.45, 2.75) is 0 Å². The Balaban J connectivity index is 0. The maximum atomic E-state index is 10.4. The van der Waals surface area contributed by atoms with Crippen molar-refractivity contribution in [3.05, 3.63) is 78.4 Å². The van der Waals surface area contributed by atoms with Crippen molar-refractivity contribution in [1.82, 2.24) is 9.97 Å². The van der Waals surface area contributed by atoms with Crippen LogP contribution < -0.4 is 11.5 Å². The number of aromatic nitrogens is 2. The van der Waals surface area contributed by atoms with E-state index >= 15 is 0 Å². The van der Waals surface area contributed by atoms with Crippen molar-refractivity contribution in [2.75, 3.05) is 0 Å². The number of pyridine rings is 2. The second-order valence-corrected chi connectivity index (χ2v) is 4.91. The Bertz CT molecular complexity index is 778. The molecule has 0 unspecified atom stereocenters. The molecule has 2 amide bonds. The number of carbonyl (C=O) groups excluding carboxylic acids is 2. The van der Waals surface area contributed by atoms with Crippen molar-refractivity contribution in [3.8, 4) is 17.2 Å². The number of hydrogen-bond acceptors (Lipinski definition) is 7. The smallest absolute Gasteiger partial charge is 0.248 e. The molecule has 0 aliphatic carbocycles. The third-order valence-corrected chi connectivity index (χ3v) is 2.82. The molecule has 2 heterocycles. The summed E-state index contributed by atoms with van der Waals surface area (Å²) in [6, 6.07) is 9.70. The molecule has 29 heavy (non-hydrogen) atoms. The van der Waals surface area contributed by atoms with Crippen molar-refractivity contribution in [3.63, 3.8) is 0 Å². The molecule has 1 aromatic carbocycles. The van der Waals surface area contributed by atoms with Gasteiger partial charge in [0.2, 0.25) is 11.8 Å². The van der Waals surface area contributed by atoms with Crippen LogP contribution in [-0.4, -0.2) is 48.1 Å². The van der Waals surface area contributed by atoms with Gasteiger partial charge in [-0.05, 0) is 24.3 Å². The van der Waals surface area contributed by atoms with Crippen LogP contribution in [0.5, 0.6) is 17.2 Å². The molecular weight excluding hydrogens is 384 g/mol. The summed E-state index contributed by atoms with van der Waals surface area (Å²) < 4.78 is 0. The highest BCUT2D eigenvalue weighted by Gasteiger charge is 1.95. The monoisotopic (exact) mass is 406 g/mol. The number of nitrogens with zero attached hydrogens (tertiary/aromatic N) is 2. The maximum absolute atomic E-state index is 10.4. The molecule has 11 nitrogen and oxygen atoms in total. The maximum Gasteiger partial charge on any atom is 0.248 e. The van der Waals surface area contributed by atoms with Crippen LogP contribution >= 0.6 is 0 Å². The quantitative estimate of drug-likeness (QED) is 0.374. The van der Waals surface area contributed by atoms with Gasteiger partial charge < -0.3 is 37.7 Å². The fraction of sp³-hybridized carbons (Fsp3) is 0. The SMILES string of the molecule is NC(=O)c1ccncc1.NC(=O)c1ccncc1.O.O.Oc1cc(O)cc(O)c1. The van der Waals surface area contributed by atoms with E-state index < -0.39 is 11.8 Å². The zero-order chi connectivity index (χ0) is 20.2. The fourth-order valence-corrected chi connectivity index (χ4v) is 1.61. The summed E-state index contributed by atoms with van der Waals surface area (Å²) in [4.78, 5) is 28.2. The summed E-state index contributed by atoms with van der Waals surface area (Å²) in [6.45, 7) is 0. The average molecular weight is 406 g/mol. The molecule has 0 saturated heterocycles. The molecule has 0 bridgehead atoms. The van der Waals surface area contributed by atoms with Crippen LogP contribution in [0.4, 0.5) is 0 Å². The number of benzene rings is 1. The Morgan fingerprint density at radius 3 is 1.03 bits per heavy atom. The Kier molecular flexibility index (Phi) is 13.0. The molecule has 0 radical (unpaired) electrons. The lowest BCUT2D eigenvalue weighted by Gasteiger charge is -1.94. The van der Waals surface area contributed by atoms with Gasteiger partial charge in [0.15, 0.2) is 0 Å². The summed E-state index contributed by atoms with van der Waals surface area (Å²) in [6.07, 6.45) is 6.11. The average Bonchev–Trinajstić information content (AvgIpc) is 2.63. The van der Waals surface area contributed by atoms with Crippen molar-refractivity contribution in [2.24, 2.45) is 11.5 Å². The number of phenolic OH excluding ortho intramolecular Hbond substituents is 3. The molecule has 3 rings (SSSR count). The topological polar surface area (TPSA) is 236 Å². The summed E-state index contributed by atoms with van der Waals surface area (Å²) in [5, 5.41) is 26.0. The van der Waals surface area contributed by atoms with E-state index in [1.165, 1.54) is 24.8 Å². The number of primary amides is 2. The Hall–Kier alpha value is -4.22. The Morgan fingerprint density at radius 1 is 0.621 bits per heavy atom. The van der Waals surface area contributed by atoms with Gasteiger partial charge in [0.25, 0.3) is 0 Å². The zero-order valence-corrected chi connectivity index (χ0v) is 15.1. The molecule has 2 aromatic heterocycles. The number of amides is 2. The van der Waals surface area contributed by atoms with Crippen LogP contribution in [0.25, 0.3) is 0 Å². The van der Waals surface area contributed by atoms with Crippen LogP contribution in [0.2, 0.25) is 0 Å². The van der Waals surface area contributed by atoms with Gasteiger partial charge in [-0.1, -0.05) is 0 Å². The lowest BCUT2D eigenvalue weighted by molar-refractivity contribution is 0.0991. The number of hydrogen-bond donors (Lipinski definition) is 5. The van der Waals surface area contributed by atoms with Crippen LogP contribution in [0.1, 0.15) is 20.7 Å². The Labute approximate surface area is 165 Å². The number of phenols is 3. The molecule has 156 valence electrons. The molecule has 11 heteroatoms. The molecule has 0 aliphatic rings. The highest BCUT2D eigenvalue weighted by molar-refractivity contribution is 5.92. The number of carbonyl (C=O) groups is 2. The summed E-state index contributed by atoms with van der Waals surface area (Å²) in [5.74, 6) is -1.28. The first-order valence-electron chi connectivity index (χ1n) is 7.41. The van der Waals surface area contributed by atoms with Gasteiger partial charge in [-0.2, -0.15) is 0 Å². The first-order valence-corrected chi connectivity index (χ1v) is 7.41. The van der Waals surface area contributed by atoms with E-state index in [1.54, 1.807) is 24.3 Å². The standard InChI is InChI=1S/2C6H6N2O.C6H6O3.2H2O/c2*7-6(9)5-1-3-8-4-2-5;7-4-1-5(8)3-6(9)2-4;;/h2*1-4H,(H2,7,9);1-3,7-9H;2*1H2. The second-order valence-electron chi connectivity index (χ2n) is 4.91. The number of nitrogens with two attached hydrogens (primary N) is 2. The largest absolute Gasteiger partial charge is 0.508 e. The Morgan fingerprint density at radius 2 is 0.862 bits per heavy atom. The second kappa shape index (κ2) is 13.9. The van der Waals surface area contributed by atoms with E-state index in [1.807, 2.05) is 0 Å².